The van der Waals surface area contributed by atoms with Crippen molar-refractivity contribution in [1.82, 2.24) is 9.13 Å². The first-order valence-corrected chi connectivity index (χ1v) is 19.3. The second-order valence-electron chi connectivity index (χ2n) is 13.2. The van der Waals surface area contributed by atoms with Gasteiger partial charge in [-0.15, -0.1) is 22.7 Å². The smallest absolute Gasteiger partial charge is 0.197 e. The maximum absolute atomic E-state index is 14.3. The fourth-order valence-electron chi connectivity index (χ4n) is 7.59. The zero-order valence-corrected chi connectivity index (χ0v) is 30.2. The number of rotatable bonds is 12. The van der Waals surface area contributed by atoms with Crippen molar-refractivity contribution in [1.29, 1.82) is 0 Å². The predicted molar refractivity (Wildman–Crippen MR) is 209 cm³/mol. The van der Waals surface area contributed by atoms with Gasteiger partial charge in [0.1, 0.15) is 0 Å². The van der Waals surface area contributed by atoms with E-state index in [0.29, 0.717) is 21.5 Å². The molecule has 0 unspecified atom stereocenters. The van der Waals surface area contributed by atoms with Gasteiger partial charge in [0.15, 0.2) is 10.9 Å². The predicted octanol–water partition coefficient (Wildman–Crippen LogP) is 11.4. The van der Waals surface area contributed by atoms with Crippen LogP contribution in [0, 0.1) is 0 Å². The zero-order valence-electron chi connectivity index (χ0n) is 28.5. The van der Waals surface area contributed by atoms with Crippen LogP contribution in [0.25, 0.3) is 64.5 Å². The number of aryl methyl sites for hydroxylation is 4. The maximum Gasteiger partial charge on any atom is 0.197 e. The van der Waals surface area contributed by atoms with Crippen LogP contribution in [0.4, 0.5) is 0 Å². The molecule has 7 aromatic rings. The standard InChI is InChI=1S/C42H44N2O2S2/c1-5-7-9-11-15-27-21-23-47-41(27)31-19-13-17-29-37(31)43(3)35-25-34-36(26-33(35)39(29)45)44(4)38-30(40(34)46)18-14-20-32(38)42-28(22-24-48-42)16-12-10-8-6-2/h13-14,17-26H,5-12,15-16H2,1-4H3. The number of fused-ring (bicyclic) bond motifs is 4. The van der Waals surface area contributed by atoms with Gasteiger partial charge in [0, 0.05) is 56.5 Å². The number of hydrogen-bond acceptors (Lipinski definition) is 4. The maximum atomic E-state index is 14.3. The highest BCUT2D eigenvalue weighted by molar-refractivity contribution is 7.14. The molecule has 48 heavy (non-hydrogen) atoms. The monoisotopic (exact) mass is 672 g/mol. The van der Waals surface area contributed by atoms with Crippen LogP contribution in [-0.2, 0) is 26.9 Å². The summed E-state index contributed by atoms with van der Waals surface area (Å²) in [5.41, 5.74) is 8.32. The van der Waals surface area contributed by atoms with Crippen LogP contribution in [0.3, 0.4) is 0 Å². The van der Waals surface area contributed by atoms with Crippen LogP contribution in [0.2, 0.25) is 0 Å². The van der Waals surface area contributed by atoms with Gasteiger partial charge in [-0.1, -0.05) is 76.6 Å². The fraction of sp³-hybridized carbons (Fsp3) is 0.333. The molecular formula is C42H44N2O2S2. The molecule has 6 heteroatoms. The largest absolute Gasteiger partial charge is 0.343 e. The van der Waals surface area contributed by atoms with Crippen LogP contribution in [-0.4, -0.2) is 9.13 Å². The molecule has 0 N–H and O–H groups in total. The van der Waals surface area contributed by atoms with Gasteiger partial charge in [0.05, 0.1) is 22.1 Å². The molecule has 0 amide bonds. The lowest BCUT2D eigenvalue weighted by Gasteiger charge is -2.18. The van der Waals surface area contributed by atoms with Crippen LogP contribution in [0.5, 0.6) is 0 Å². The Morgan fingerprint density at radius 3 is 1.40 bits per heavy atom. The minimum Gasteiger partial charge on any atom is -0.343 e. The summed E-state index contributed by atoms with van der Waals surface area (Å²) >= 11 is 3.50. The quantitative estimate of drug-likeness (QED) is 0.0958. The zero-order chi connectivity index (χ0) is 33.4. The van der Waals surface area contributed by atoms with Gasteiger partial charge >= 0.3 is 0 Å². The summed E-state index contributed by atoms with van der Waals surface area (Å²) in [5.74, 6) is 0. The van der Waals surface area contributed by atoms with Crippen molar-refractivity contribution in [3.8, 4) is 20.9 Å². The highest BCUT2D eigenvalue weighted by Gasteiger charge is 2.20. The van der Waals surface area contributed by atoms with E-state index in [4.69, 9.17) is 0 Å². The lowest BCUT2D eigenvalue weighted by atomic mass is 9.98. The van der Waals surface area contributed by atoms with Crippen LogP contribution >= 0.6 is 22.7 Å². The summed E-state index contributed by atoms with van der Waals surface area (Å²) in [6, 6.07) is 20.6. The van der Waals surface area contributed by atoms with E-state index in [9.17, 15) is 9.59 Å². The fourth-order valence-corrected chi connectivity index (χ4v) is 9.55. The van der Waals surface area contributed by atoms with Gasteiger partial charge in [-0.05, 0) is 84.0 Å². The molecule has 4 aromatic heterocycles. The minimum atomic E-state index is 0.0105. The molecule has 7 rings (SSSR count). The van der Waals surface area contributed by atoms with Crippen molar-refractivity contribution >= 4 is 66.3 Å². The molecule has 0 spiro atoms. The number of para-hydroxylation sites is 2. The number of pyridine rings is 2. The summed E-state index contributed by atoms with van der Waals surface area (Å²) < 4.78 is 4.27. The first-order valence-electron chi connectivity index (χ1n) is 17.6. The van der Waals surface area contributed by atoms with Crippen LogP contribution in [0.15, 0.2) is 81.0 Å². The number of unbranched alkanes of at least 4 members (excludes halogenated alkanes) is 6. The normalized spacial score (nSPS) is 11.9. The molecule has 0 bridgehead atoms. The van der Waals surface area contributed by atoms with E-state index in [-0.39, 0.29) is 10.9 Å². The number of hydrogen-bond donors (Lipinski definition) is 0. The summed E-state index contributed by atoms with van der Waals surface area (Å²) in [7, 11) is 4.08. The van der Waals surface area contributed by atoms with Gasteiger partial charge in [-0.3, -0.25) is 9.59 Å². The molecule has 4 nitrogen and oxygen atoms in total. The SMILES string of the molecule is CCCCCCc1ccsc1-c1cccc2c(=O)c3cc4c(cc3n(C)c12)c(=O)c1cccc(-c2sccc2CCCCCC)c1n4C. The van der Waals surface area contributed by atoms with Gasteiger partial charge in [0.25, 0.3) is 0 Å². The second-order valence-corrected chi connectivity index (χ2v) is 15.1. The highest BCUT2D eigenvalue weighted by atomic mass is 32.1. The van der Waals surface area contributed by atoms with E-state index in [1.807, 2.05) is 50.5 Å². The Balaban J connectivity index is 1.42. The Labute approximate surface area is 290 Å². The summed E-state index contributed by atoms with van der Waals surface area (Å²) in [6.45, 7) is 4.49. The Bertz CT molecular complexity index is 2240. The molecule has 4 heterocycles. The lowest BCUT2D eigenvalue weighted by Crippen LogP contribution is -2.14. The van der Waals surface area contributed by atoms with Crippen molar-refractivity contribution in [2.75, 3.05) is 0 Å². The average molecular weight is 673 g/mol. The molecule has 0 aliphatic carbocycles. The molecule has 3 aromatic carbocycles. The molecule has 0 saturated carbocycles. The molecule has 0 radical (unpaired) electrons. The Hall–Kier alpha value is -4.00. The summed E-state index contributed by atoms with van der Waals surface area (Å²) in [6.07, 6.45) is 11.8. The third-order valence-electron chi connectivity index (χ3n) is 10.1. The van der Waals surface area contributed by atoms with Gasteiger partial charge in [0.2, 0.25) is 0 Å². The third-order valence-corrected chi connectivity index (χ3v) is 12.1. The first-order chi connectivity index (χ1) is 23.4. The topological polar surface area (TPSA) is 44.0 Å². The lowest BCUT2D eigenvalue weighted by molar-refractivity contribution is 0.668. The number of thiophene rings is 2. The van der Waals surface area contributed by atoms with E-state index < -0.39 is 0 Å². The first kappa shape index (κ1) is 32.5. The van der Waals surface area contributed by atoms with Crippen molar-refractivity contribution in [3.63, 3.8) is 0 Å². The minimum absolute atomic E-state index is 0.0105. The van der Waals surface area contributed by atoms with Crippen molar-refractivity contribution in [3.05, 3.63) is 103 Å². The number of nitrogens with zero attached hydrogens (tertiary/aromatic N) is 2. The van der Waals surface area contributed by atoms with Gasteiger partial charge in [-0.25, -0.2) is 0 Å². The summed E-state index contributed by atoms with van der Waals surface area (Å²) in [4.78, 5) is 31.2. The molecule has 0 atom stereocenters. The van der Waals surface area contributed by atoms with Gasteiger partial charge < -0.3 is 9.13 Å². The van der Waals surface area contributed by atoms with E-state index in [2.05, 4.69) is 58.0 Å². The van der Waals surface area contributed by atoms with E-state index in [1.54, 1.807) is 22.7 Å². The third kappa shape index (κ3) is 5.63. The molecule has 0 aliphatic heterocycles. The summed E-state index contributed by atoms with van der Waals surface area (Å²) in [5, 5.41) is 7.05. The Morgan fingerprint density at radius 1 is 0.542 bits per heavy atom. The van der Waals surface area contributed by atoms with Gasteiger partial charge in [-0.2, -0.15) is 0 Å². The molecule has 246 valence electrons. The van der Waals surface area contributed by atoms with Crippen molar-refractivity contribution in [2.24, 2.45) is 14.1 Å². The number of benzene rings is 3. The van der Waals surface area contributed by atoms with E-state index >= 15 is 0 Å². The Kier molecular flexibility index (Phi) is 9.39. The highest BCUT2D eigenvalue weighted by Crippen LogP contribution is 2.38. The average Bonchev–Trinajstić information content (AvgIpc) is 3.78. The van der Waals surface area contributed by atoms with Crippen LogP contribution in [0.1, 0.15) is 76.3 Å². The molecular weight excluding hydrogens is 629 g/mol. The molecule has 0 saturated heterocycles. The van der Waals surface area contributed by atoms with E-state index in [0.717, 1.165) is 46.0 Å². The molecule has 0 aliphatic rings. The van der Waals surface area contributed by atoms with Crippen molar-refractivity contribution in [2.45, 2.75) is 78.1 Å². The Morgan fingerprint density at radius 2 is 0.979 bits per heavy atom. The van der Waals surface area contributed by atoms with E-state index in [1.165, 1.54) is 72.2 Å². The molecule has 0 fully saturated rings. The second kappa shape index (κ2) is 13.9. The van der Waals surface area contributed by atoms with Crippen molar-refractivity contribution < 1.29 is 0 Å². The number of aromatic nitrogens is 2. The van der Waals surface area contributed by atoms with Crippen LogP contribution < -0.4 is 10.9 Å².